The fraction of sp³-hybridized carbons (Fsp3) is 0.289. The average molecular weight is 723 g/mol. The maximum Gasteiger partial charge on any atom is 0.416 e. The molecule has 0 saturated heterocycles. The molecule has 0 unspecified atom stereocenters. The Balaban J connectivity index is 1.16. The summed E-state index contributed by atoms with van der Waals surface area (Å²) in [6, 6.07) is 18.8. The number of carbonyl (C=O) groups is 3. The molecule has 8 nitrogen and oxygen atoms in total. The number of nitrogens with one attached hydrogen (secondary N) is 2. The third kappa shape index (κ3) is 7.34. The lowest BCUT2D eigenvalue weighted by atomic mass is 9.74. The number of carbonyl (C=O) groups excluding carboxylic acids is 3. The molecule has 6 rings (SSSR count). The number of methoxy groups -OCH3 is 2. The van der Waals surface area contributed by atoms with E-state index in [0.717, 1.165) is 53.0 Å². The van der Waals surface area contributed by atoms with E-state index < -0.39 is 34.8 Å². The first-order valence-corrected chi connectivity index (χ1v) is 16.9. The van der Waals surface area contributed by atoms with E-state index in [1.54, 1.807) is 0 Å². The fourth-order valence-electron chi connectivity index (χ4n) is 6.39. The summed E-state index contributed by atoms with van der Waals surface area (Å²) in [5.74, 6) is -2.72. The molecule has 13 heteroatoms. The molecule has 1 amide bonds. The highest BCUT2D eigenvalue weighted by Crippen LogP contribution is 2.42. The van der Waals surface area contributed by atoms with Gasteiger partial charge >= 0.3 is 18.1 Å². The van der Waals surface area contributed by atoms with Crippen LogP contribution in [0, 0.1) is 11.2 Å². The maximum absolute atomic E-state index is 15.3. The summed E-state index contributed by atoms with van der Waals surface area (Å²) in [5, 5.41) is 8.05. The van der Waals surface area contributed by atoms with Gasteiger partial charge in [-0.25, -0.2) is 9.18 Å². The summed E-state index contributed by atoms with van der Waals surface area (Å²) in [5.41, 5.74) is -0.831. The molecule has 1 heterocycles. The predicted molar refractivity (Wildman–Crippen MR) is 187 cm³/mol. The lowest BCUT2D eigenvalue weighted by Gasteiger charge is -2.36. The van der Waals surface area contributed by atoms with Gasteiger partial charge in [0.2, 0.25) is 0 Å². The van der Waals surface area contributed by atoms with Crippen LogP contribution in [0.5, 0.6) is 5.75 Å². The second-order valence-corrected chi connectivity index (χ2v) is 13.7. The lowest BCUT2D eigenvalue weighted by molar-refractivity contribution is -0.158. The standard InChI is InChI=1S/C38H34F4N2O6S/c1-37(36(47)50-20-22-9-6-8-21-7-4-5-10-25(21)22)15-13-24(14-16-37)43-29-18-27(30(48-2)19-28(29)39)34(45)44-32-26-12-11-23(38(40,41)42)17-31(26)51-33(32)35(46)49-3/h4-12,17-19,24,43H,13-16,20H2,1-3H3,(H,44,45). The molecular formula is C38H34F4N2O6S. The Kier molecular flexibility index (Phi) is 9.94. The molecule has 4 aromatic carbocycles. The summed E-state index contributed by atoms with van der Waals surface area (Å²) in [6.45, 7) is 2.02. The highest BCUT2D eigenvalue weighted by Gasteiger charge is 2.39. The first-order valence-electron chi connectivity index (χ1n) is 16.1. The number of halogens is 4. The van der Waals surface area contributed by atoms with E-state index in [1.165, 1.54) is 19.2 Å². The zero-order valence-electron chi connectivity index (χ0n) is 27.9. The molecule has 0 radical (unpaired) electrons. The molecule has 51 heavy (non-hydrogen) atoms. The van der Waals surface area contributed by atoms with Crippen molar-refractivity contribution in [1.82, 2.24) is 0 Å². The quantitative estimate of drug-likeness (QED) is 0.115. The lowest BCUT2D eigenvalue weighted by Crippen LogP contribution is -2.38. The number of rotatable bonds is 9. The predicted octanol–water partition coefficient (Wildman–Crippen LogP) is 9.36. The third-order valence-electron chi connectivity index (χ3n) is 9.34. The van der Waals surface area contributed by atoms with E-state index in [4.69, 9.17) is 14.2 Å². The Morgan fingerprint density at radius 2 is 1.67 bits per heavy atom. The Hall–Kier alpha value is -5.17. The molecule has 0 bridgehead atoms. The smallest absolute Gasteiger partial charge is 0.416 e. The summed E-state index contributed by atoms with van der Waals surface area (Å²) in [4.78, 5) is 39.4. The van der Waals surface area contributed by atoms with Crippen molar-refractivity contribution in [3.8, 4) is 5.75 Å². The number of fused-ring (bicyclic) bond motifs is 2. The molecule has 0 aliphatic heterocycles. The molecular weight excluding hydrogens is 688 g/mol. The summed E-state index contributed by atoms with van der Waals surface area (Å²) < 4.78 is 71.5. The van der Waals surface area contributed by atoms with Gasteiger partial charge in [-0.3, -0.25) is 9.59 Å². The van der Waals surface area contributed by atoms with E-state index >= 15 is 4.39 Å². The zero-order valence-corrected chi connectivity index (χ0v) is 28.7. The van der Waals surface area contributed by atoms with Gasteiger partial charge < -0.3 is 24.8 Å². The molecule has 1 aromatic heterocycles. The van der Waals surface area contributed by atoms with Gasteiger partial charge in [0.15, 0.2) is 0 Å². The van der Waals surface area contributed by atoms with Crippen LogP contribution < -0.4 is 15.4 Å². The third-order valence-corrected chi connectivity index (χ3v) is 10.5. The minimum atomic E-state index is -4.61. The van der Waals surface area contributed by atoms with E-state index in [9.17, 15) is 27.6 Å². The number of ether oxygens (including phenoxy) is 3. The van der Waals surface area contributed by atoms with Crippen LogP contribution in [0.15, 0.2) is 72.8 Å². The SMILES string of the molecule is COC(=O)c1sc2cc(C(F)(F)F)ccc2c1NC(=O)c1cc(NC2CCC(C)(C(=O)OCc3cccc4ccccc34)CC2)c(F)cc1OC. The number of thiophene rings is 1. The molecule has 266 valence electrons. The van der Waals surface area contributed by atoms with Crippen LogP contribution in [0.4, 0.5) is 28.9 Å². The second kappa shape index (κ2) is 14.2. The van der Waals surface area contributed by atoms with Crippen LogP contribution in [-0.2, 0) is 27.1 Å². The van der Waals surface area contributed by atoms with E-state index in [1.807, 2.05) is 49.4 Å². The Labute approximate surface area is 294 Å². The minimum Gasteiger partial charge on any atom is -0.496 e. The second-order valence-electron chi connectivity index (χ2n) is 12.7. The largest absolute Gasteiger partial charge is 0.496 e. The molecule has 0 atom stereocenters. The molecule has 1 saturated carbocycles. The van der Waals surface area contributed by atoms with Gasteiger partial charge in [0.25, 0.3) is 5.91 Å². The number of alkyl halides is 3. The van der Waals surface area contributed by atoms with Crippen molar-refractivity contribution in [2.75, 3.05) is 24.9 Å². The Morgan fingerprint density at radius 1 is 0.941 bits per heavy atom. The summed E-state index contributed by atoms with van der Waals surface area (Å²) >= 11 is 0.741. The van der Waals surface area contributed by atoms with Gasteiger partial charge in [-0.2, -0.15) is 13.2 Å². The average Bonchev–Trinajstić information content (AvgIpc) is 3.48. The molecule has 1 aliphatic rings. The highest BCUT2D eigenvalue weighted by molar-refractivity contribution is 7.21. The van der Waals surface area contributed by atoms with Crippen LogP contribution in [0.1, 0.15) is 63.8 Å². The van der Waals surface area contributed by atoms with E-state index in [2.05, 4.69) is 10.6 Å². The molecule has 0 spiro atoms. The van der Waals surface area contributed by atoms with Crippen molar-refractivity contribution in [2.45, 2.75) is 51.4 Å². The van der Waals surface area contributed by atoms with Crippen LogP contribution in [0.2, 0.25) is 0 Å². The minimum absolute atomic E-state index is 0.0197. The number of hydrogen-bond acceptors (Lipinski definition) is 8. The molecule has 1 aliphatic carbocycles. The topological polar surface area (TPSA) is 103 Å². The first kappa shape index (κ1) is 35.6. The number of benzene rings is 4. The van der Waals surface area contributed by atoms with Crippen molar-refractivity contribution < 1.29 is 46.2 Å². The van der Waals surface area contributed by atoms with Gasteiger partial charge in [0.05, 0.1) is 42.1 Å². The summed E-state index contributed by atoms with van der Waals surface area (Å²) in [7, 11) is 2.38. The zero-order chi connectivity index (χ0) is 36.5. The number of amides is 1. The van der Waals surface area contributed by atoms with Crippen molar-refractivity contribution in [3.05, 3.63) is 100 Å². The number of anilines is 2. The fourth-order valence-corrected chi connectivity index (χ4v) is 7.50. The van der Waals surface area contributed by atoms with Crippen molar-refractivity contribution in [2.24, 2.45) is 5.41 Å². The first-order chi connectivity index (χ1) is 24.3. The Bertz CT molecular complexity index is 2130. The van der Waals surface area contributed by atoms with Crippen molar-refractivity contribution in [1.29, 1.82) is 0 Å². The van der Waals surface area contributed by atoms with Gasteiger partial charge in [0.1, 0.15) is 23.1 Å². The van der Waals surface area contributed by atoms with Crippen LogP contribution in [-0.4, -0.2) is 38.1 Å². The number of esters is 2. The van der Waals surface area contributed by atoms with Crippen molar-refractivity contribution >= 4 is 61.4 Å². The van der Waals surface area contributed by atoms with E-state index in [0.29, 0.717) is 25.7 Å². The monoisotopic (exact) mass is 722 g/mol. The normalized spacial score (nSPS) is 17.6. The molecule has 5 aromatic rings. The van der Waals surface area contributed by atoms with Crippen LogP contribution in [0.25, 0.3) is 20.9 Å². The van der Waals surface area contributed by atoms with Gasteiger partial charge in [-0.15, -0.1) is 11.3 Å². The van der Waals surface area contributed by atoms with Crippen molar-refractivity contribution in [3.63, 3.8) is 0 Å². The molecule has 1 fully saturated rings. The van der Waals surface area contributed by atoms with Gasteiger partial charge in [0, 0.05) is 22.2 Å². The van der Waals surface area contributed by atoms with E-state index in [-0.39, 0.29) is 56.3 Å². The van der Waals surface area contributed by atoms with Gasteiger partial charge in [-0.1, -0.05) is 48.5 Å². The van der Waals surface area contributed by atoms with Gasteiger partial charge in [-0.05, 0) is 67.1 Å². The van der Waals surface area contributed by atoms with Crippen LogP contribution >= 0.6 is 11.3 Å². The Morgan fingerprint density at radius 3 is 2.37 bits per heavy atom. The van der Waals surface area contributed by atoms with Crippen LogP contribution in [0.3, 0.4) is 0 Å². The summed E-state index contributed by atoms with van der Waals surface area (Å²) in [6.07, 6.45) is -2.59. The number of hydrogen-bond donors (Lipinski definition) is 2. The molecule has 2 N–H and O–H groups in total. The highest BCUT2D eigenvalue weighted by atomic mass is 32.1. The maximum atomic E-state index is 15.3.